The number of thiophene rings is 1. The summed E-state index contributed by atoms with van der Waals surface area (Å²) in [7, 11) is 0. The van der Waals surface area contributed by atoms with Crippen LogP contribution < -0.4 is 20.3 Å². The van der Waals surface area contributed by atoms with Crippen LogP contribution in [0.2, 0.25) is 0 Å². The Labute approximate surface area is 221 Å². The van der Waals surface area contributed by atoms with Gasteiger partial charge in [-0.05, 0) is 42.8 Å². The summed E-state index contributed by atoms with van der Waals surface area (Å²) in [6.07, 6.45) is 5.07. The van der Waals surface area contributed by atoms with Gasteiger partial charge in [-0.15, -0.1) is 11.3 Å². The molecule has 10 nitrogen and oxygen atoms in total. The normalized spacial score (nSPS) is 16.3. The van der Waals surface area contributed by atoms with E-state index in [1.165, 1.54) is 22.3 Å². The molecule has 2 N–H and O–H groups in total. The van der Waals surface area contributed by atoms with Crippen LogP contribution in [0.1, 0.15) is 16.1 Å². The Morgan fingerprint density at radius 2 is 1.97 bits per heavy atom. The standard InChI is InChI=1S/C27H22N6O4S/c1-2-21(34)32-13-11-16(15-32)30-25(35)24-23-22-19(10-12-28-26(22)38-24)33(27(36)31-23)20-9-8-18(14-29-20)37-17-6-4-3-5-7-17/h2-10,12,14,16H,1,11,13,15H2,(H,30,35)(H,31,36). The van der Waals surface area contributed by atoms with Crippen molar-refractivity contribution in [2.75, 3.05) is 23.3 Å². The molecule has 4 aromatic rings. The number of urea groups is 1. The molecular formula is C27H22N6O4S. The molecular weight excluding hydrogens is 504 g/mol. The molecule has 6 rings (SSSR count). The molecule has 1 fully saturated rings. The van der Waals surface area contributed by atoms with Crippen molar-refractivity contribution < 1.29 is 19.1 Å². The second kappa shape index (κ2) is 9.60. The van der Waals surface area contributed by atoms with Gasteiger partial charge in [-0.25, -0.2) is 19.7 Å². The molecule has 1 saturated heterocycles. The van der Waals surface area contributed by atoms with Gasteiger partial charge in [0.15, 0.2) is 0 Å². The first kappa shape index (κ1) is 23.6. The quantitative estimate of drug-likeness (QED) is 0.352. The highest BCUT2D eigenvalue weighted by molar-refractivity contribution is 7.21. The minimum Gasteiger partial charge on any atom is -0.456 e. The maximum absolute atomic E-state index is 13.3. The number of amides is 4. The Morgan fingerprint density at radius 1 is 1.13 bits per heavy atom. The molecule has 1 aromatic carbocycles. The number of hydrogen-bond acceptors (Lipinski definition) is 7. The molecule has 11 heteroatoms. The second-order valence-corrected chi connectivity index (χ2v) is 9.80. The zero-order chi connectivity index (χ0) is 26.2. The molecule has 0 saturated carbocycles. The number of para-hydroxylation sites is 1. The summed E-state index contributed by atoms with van der Waals surface area (Å²) in [4.78, 5) is 51.4. The summed E-state index contributed by atoms with van der Waals surface area (Å²) in [5.74, 6) is 1.14. The number of hydrogen-bond donors (Lipinski definition) is 2. The molecule has 5 heterocycles. The monoisotopic (exact) mass is 526 g/mol. The van der Waals surface area contributed by atoms with E-state index in [-0.39, 0.29) is 17.9 Å². The van der Waals surface area contributed by atoms with Gasteiger partial charge in [0.25, 0.3) is 5.91 Å². The Bertz CT molecular complexity index is 1570. The molecule has 0 radical (unpaired) electrons. The van der Waals surface area contributed by atoms with Crippen molar-refractivity contribution in [3.8, 4) is 11.5 Å². The van der Waals surface area contributed by atoms with Crippen LogP contribution in [0.3, 0.4) is 0 Å². The molecule has 0 spiro atoms. The predicted molar refractivity (Wildman–Crippen MR) is 144 cm³/mol. The third-order valence-electron chi connectivity index (χ3n) is 6.39. The van der Waals surface area contributed by atoms with Gasteiger partial charge in [-0.3, -0.25) is 9.59 Å². The lowest BCUT2D eigenvalue weighted by Gasteiger charge is -2.27. The van der Waals surface area contributed by atoms with E-state index in [0.717, 1.165) is 0 Å². The molecule has 2 aliphatic heterocycles. The van der Waals surface area contributed by atoms with E-state index >= 15 is 0 Å². The van der Waals surface area contributed by atoms with E-state index < -0.39 is 6.03 Å². The summed E-state index contributed by atoms with van der Waals surface area (Å²) in [6.45, 7) is 4.48. The number of pyridine rings is 2. The summed E-state index contributed by atoms with van der Waals surface area (Å²) in [5, 5.41) is 6.53. The number of carbonyl (C=O) groups excluding carboxylic acids is 3. The minimum atomic E-state index is -0.440. The number of aromatic nitrogens is 2. The molecule has 4 amide bonds. The van der Waals surface area contributed by atoms with Crippen LogP contribution in [0.4, 0.5) is 22.0 Å². The predicted octanol–water partition coefficient (Wildman–Crippen LogP) is 4.68. The zero-order valence-corrected chi connectivity index (χ0v) is 20.9. The van der Waals surface area contributed by atoms with Crippen molar-refractivity contribution in [3.63, 3.8) is 0 Å². The number of ether oxygens (including phenoxy) is 1. The highest BCUT2D eigenvalue weighted by atomic mass is 32.1. The molecule has 0 bridgehead atoms. The maximum atomic E-state index is 13.3. The first-order chi connectivity index (χ1) is 18.5. The van der Waals surface area contributed by atoms with Gasteiger partial charge in [0, 0.05) is 25.3 Å². The van der Waals surface area contributed by atoms with Gasteiger partial charge < -0.3 is 20.3 Å². The smallest absolute Gasteiger partial charge is 0.332 e. The van der Waals surface area contributed by atoms with Crippen LogP contribution >= 0.6 is 11.3 Å². The van der Waals surface area contributed by atoms with E-state index in [2.05, 4.69) is 27.2 Å². The summed E-state index contributed by atoms with van der Waals surface area (Å²) >= 11 is 1.21. The first-order valence-corrected chi connectivity index (χ1v) is 12.8. The number of nitrogens with one attached hydrogen (secondary N) is 2. The summed E-state index contributed by atoms with van der Waals surface area (Å²) in [6, 6.07) is 13.9. The molecule has 190 valence electrons. The lowest BCUT2D eigenvalue weighted by atomic mass is 10.1. The Kier molecular flexibility index (Phi) is 5.97. The van der Waals surface area contributed by atoms with E-state index in [1.807, 2.05) is 30.3 Å². The highest BCUT2D eigenvalue weighted by Gasteiger charge is 2.34. The van der Waals surface area contributed by atoms with Gasteiger partial charge in [0.05, 0.1) is 23.0 Å². The van der Waals surface area contributed by atoms with E-state index in [4.69, 9.17) is 4.74 Å². The SMILES string of the molecule is C=CC(=O)N1CCC(NC(=O)c2sc3nccc4c3c2NC(=O)N4c2ccc(Oc3ccccc3)cn2)C1. The van der Waals surface area contributed by atoms with Crippen molar-refractivity contribution >= 4 is 56.6 Å². The number of nitrogens with zero attached hydrogens (tertiary/aromatic N) is 4. The minimum absolute atomic E-state index is 0.159. The van der Waals surface area contributed by atoms with E-state index in [9.17, 15) is 14.4 Å². The van der Waals surface area contributed by atoms with E-state index in [0.29, 0.717) is 63.3 Å². The largest absolute Gasteiger partial charge is 0.456 e. The number of carbonyl (C=O) groups is 3. The molecule has 1 unspecified atom stereocenters. The summed E-state index contributed by atoms with van der Waals surface area (Å²) < 4.78 is 5.81. The Morgan fingerprint density at radius 3 is 2.74 bits per heavy atom. The first-order valence-electron chi connectivity index (χ1n) is 12.0. The van der Waals surface area contributed by atoms with Crippen LogP contribution in [-0.2, 0) is 4.79 Å². The number of benzene rings is 1. The molecule has 1 atom stereocenters. The van der Waals surface area contributed by atoms with Crippen molar-refractivity contribution in [2.45, 2.75) is 12.5 Å². The second-order valence-electron chi connectivity index (χ2n) is 8.80. The van der Waals surface area contributed by atoms with Gasteiger partial charge in [-0.2, -0.15) is 0 Å². The third kappa shape index (κ3) is 4.22. The Balaban J connectivity index is 1.27. The molecule has 2 aliphatic rings. The summed E-state index contributed by atoms with van der Waals surface area (Å²) in [5.41, 5.74) is 1.00. The Hall–Kier alpha value is -4.77. The zero-order valence-electron chi connectivity index (χ0n) is 20.1. The number of likely N-dealkylation sites (tertiary alicyclic amines) is 1. The fourth-order valence-corrected chi connectivity index (χ4v) is 5.64. The average molecular weight is 527 g/mol. The van der Waals surface area contributed by atoms with Crippen LogP contribution in [0.5, 0.6) is 11.5 Å². The fraction of sp³-hybridized carbons (Fsp3) is 0.148. The van der Waals surface area contributed by atoms with Gasteiger partial charge in [-0.1, -0.05) is 24.8 Å². The van der Waals surface area contributed by atoms with Crippen LogP contribution in [0.15, 0.2) is 73.6 Å². The van der Waals surface area contributed by atoms with Crippen molar-refractivity contribution in [1.82, 2.24) is 20.2 Å². The number of rotatable bonds is 6. The average Bonchev–Trinajstić information content (AvgIpc) is 3.55. The molecule has 38 heavy (non-hydrogen) atoms. The van der Waals surface area contributed by atoms with E-state index in [1.54, 1.807) is 35.5 Å². The lowest BCUT2D eigenvalue weighted by molar-refractivity contribution is -0.125. The fourth-order valence-electron chi connectivity index (χ4n) is 4.62. The molecule has 0 aliphatic carbocycles. The van der Waals surface area contributed by atoms with Crippen molar-refractivity contribution in [3.05, 3.63) is 78.5 Å². The number of anilines is 3. The topological polar surface area (TPSA) is 117 Å². The van der Waals surface area contributed by atoms with Crippen molar-refractivity contribution in [2.24, 2.45) is 0 Å². The van der Waals surface area contributed by atoms with Gasteiger partial charge >= 0.3 is 6.03 Å². The van der Waals surface area contributed by atoms with Crippen molar-refractivity contribution in [1.29, 1.82) is 0 Å². The highest BCUT2D eigenvalue weighted by Crippen LogP contribution is 2.45. The third-order valence-corrected chi connectivity index (χ3v) is 7.49. The van der Waals surface area contributed by atoms with Crippen LogP contribution in [0.25, 0.3) is 10.2 Å². The van der Waals surface area contributed by atoms with Gasteiger partial charge in [0.2, 0.25) is 5.91 Å². The lowest BCUT2D eigenvalue weighted by Crippen LogP contribution is -2.39. The van der Waals surface area contributed by atoms with Gasteiger partial charge in [0.1, 0.15) is 27.0 Å². The van der Waals surface area contributed by atoms with Crippen LogP contribution in [-0.4, -0.2) is 51.8 Å². The maximum Gasteiger partial charge on any atom is 0.332 e. The molecule has 3 aromatic heterocycles. The van der Waals surface area contributed by atoms with Crippen LogP contribution in [0, 0.1) is 0 Å².